The van der Waals surface area contributed by atoms with Crippen LogP contribution in [0.15, 0.2) is 48.7 Å². The van der Waals surface area contributed by atoms with Gasteiger partial charge in [0.05, 0.1) is 18.5 Å². The minimum absolute atomic E-state index is 0.429. The Morgan fingerprint density at radius 1 is 1.16 bits per heavy atom. The van der Waals surface area contributed by atoms with Crippen LogP contribution in [0.3, 0.4) is 0 Å². The van der Waals surface area contributed by atoms with Gasteiger partial charge in [0.25, 0.3) is 0 Å². The van der Waals surface area contributed by atoms with Crippen molar-refractivity contribution < 1.29 is 4.74 Å². The van der Waals surface area contributed by atoms with E-state index in [1.54, 1.807) is 7.11 Å². The fourth-order valence-electron chi connectivity index (χ4n) is 2.30. The number of imidazole rings is 1. The third-order valence-electron chi connectivity index (χ3n) is 3.18. The molecule has 0 saturated heterocycles. The smallest absolute Gasteiger partial charge is 0.137 e. The van der Waals surface area contributed by atoms with Crippen LogP contribution < -0.4 is 10.5 Å². The highest BCUT2D eigenvalue weighted by molar-refractivity contribution is 5.72. The van der Waals surface area contributed by atoms with Gasteiger partial charge in [-0.3, -0.25) is 0 Å². The summed E-state index contributed by atoms with van der Waals surface area (Å²) in [7, 11) is 1.66. The Hall–Kier alpha value is -2.33. The van der Waals surface area contributed by atoms with Gasteiger partial charge in [0.2, 0.25) is 0 Å². The normalized spacial score (nSPS) is 10.8. The van der Waals surface area contributed by atoms with E-state index in [1.165, 1.54) is 0 Å². The molecule has 2 N–H and O–H groups in total. The van der Waals surface area contributed by atoms with E-state index in [1.807, 2.05) is 53.1 Å². The number of rotatable bonds is 3. The van der Waals surface area contributed by atoms with Gasteiger partial charge in [-0.2, -0.15) is 0 Å². The summed E-state index contributed by atoms with van der Waals surface area (Å²) >= 11 is 0. The minimum atomic E-state index is 0.429. The van der Waals surface area contributed by atoms with Gasteiger partial charge in [-0.05, 0) is 24.3 Å². The molecule has 19 heavy (non-hydrogen) atoms. The zero-order chi connectivity index (χ0) is 13.2. The molecule has 3 aromatic rings. The maximum atomic E-state index is 5.89. The van der Waals surface area contributed by atoms with Crippen molar-refractivity contribution in [2.45, 2.75) is 6.54 Å². The van der Waals surface area contributed by atoms with Crippen LogP contribution in [0.4, 0.5) is 0 Å². The number of fused-ring (bicyclic) bond motifs is 1. The van der Waals surface area contributed by atoms with E-state index >= 15 is 0 Å². The van der Waals surface area contributed by atoms with Gasteiger partial charge in [0.1, 0.15) is 11.4 Å². The second-order valence-electron chi connectivity index (χ2n) is 4.24. The van der Waals surface area contributed by atoms with E-state index in [9.17, 15) is 0 Å². The quantitative estimate of drug-likeness (QED) is 0.780. The van der Waals surface area contributed by atoms with Crippen molar-refractivity contribution in [1.29, 1.82) is 0 Å². The van der Waals surface area contributed by atoms with Crippen molar-refractivity contribution in [2.24, 2.45) is 5.73 Å². The number of nitrogens with two attached hydrogens (primary N) is 1. The van der Waals surface area contributed by atoms with Crippen LogP contribution in [0, 0.1) is 0 Å². The molecule has 4 nitrogen and oxygen atoms in total. The standard InChI is InChI=1S/C15H15N3O/c1-19-13-7-3-2-6-11(13)15-12(10-16)18-9-5-4-8-14(18)17-15/h2-9H,10,16H2,1H3. The van der Waals surface area contributed by atoms with Crippen LogP contribution in [-0.2, 0) is 6.54 Å². The number of ether oxygens (including phenoxy) is 1. The molecule has 0 fully saturated rings. The molecule has 96 valence electrons. The number of pyridine rings is 1. The second-order valence-corrected chi connectivity index (χ2v) is 4.24. The number of aromatic nitrogens is 2. The number of benzene rings is 1. The molecule has 2 aromatic heterocycles. The molecule has 0 bridgehead atoms. The van der Waals surface area contributed by atoms with Crippen LogP contribution in [-0.4, -0.2) is 16.5 Å². The van der Waals surface area contributed by atoms with Gasteiger partial charge < -0.3 is 14.9 Å². The summed E-state index contributed by atoms with van der Waals surface area (Å²) < 4.78 is 7.42. The fraction of sp³-hybridized carbons (Fsp3) is 0.133. The molecule has 0 unspecified atom stereocenters. The molecule has 0 saturated carbocycles. The average Bonchev–Trinajstić information content (AvgIpc) is 2.85. The first-order chi connectivity index (χ1) is 9.35. The zero-order valence-corrected chi connectivity index (χ0v) is 10.7. The predicted molar refractivity (Wildman–Crippen MR) is 75.1 cm³/mol. The Balaban J connectivity index is 2.30. The van der Waals surface area contributed by atoms with Gasteiger partial charge in [0, 0.05) is 18.3 Å². The van der Waals surface area contributed by atoms with Crippen LogP contribution >= 0.6 is 0 Å². The third kappa shape index (κ3) is 1.86. The van der Waals surface area contributed by atoms with E-state index in [2.05, 4.69) is 4.98 Å². The second kappa shape index (κ2) is 4.74. The first-order valence-corrected chi connectivity index (χ1v) is 6.14. The van der Waals surface area contributed by atoms with Crippen LogP contribution in [0.1, 0.15) is 5.69 Å². The van der Waals surface area contributed by atoms with Crippen LogP contribution in [0.2, 0.25) is 0 Å². The predicted octanol–water partition coefficient (Wildman–Crippen LogP) is 2.47. The summed E-state index contributed by atoms with van der Waals surface area (Å²) in [6, 6.07) is 13.8. The molecule has 0 radical (unpaired) electrons. The van der Waals surface area contributed by atoms with Crippen molar-refractivity contribution in [3.63, 3.8) is 0 Å². The van der Waals surface area contributed by atoms with Crippen molar-refractivity contribution in [2.75, 3.05) is 7.11 Å². The highest BCUT2D eigenvalue weighted by Crippen LogP contribution is 2.31. The molecule has 0 aliphatic heterocycles. The number of methoxy groups -OCH3 is 1. The Morgan fingerprint density at radius 3 is 2.74 bits per heavy atom. The molecule has 2 heterocycles. The number of hydrogen-bond donors (Lipinski definition) is 1. The lowest BCUT2D eigenvalue weighted by Crippen LogP contribution is -2.02. The summed E-state index contributed by atoms with van der Waals surface area (Å²) in [5, 5.41) is 0. The number of para-hydroxylation sites is 1. The van der Waals surface area contributed by atoms with Crippen molar-refractivity contribution in [3.05, 3.63) is 54.4 Å². The number of hydrogen-bond acceptors (Lipinski definition) is 3. The first kappa shape index (κ1) is 11.7. The molecule has 0 atom stereocenters. The fourth-order valence-corrected chi connectivity index (χ4v) is 2.30. The van der Waals surface area contributed by atoms with E-state index < -0.39 is 0 Å². The highest BCUT2D eigenvalue weighted by Gasteiger charge is 2.15. The lowest BCUT2D eigenvalue weighted by Gasteiger charge is -2.07. The summed E-state index contributed by atoms with van der Waals surface area (Å²) in [5.41, 5.74) is 9.61. The topological polar surface area (TPSA) is 52.5 Å². The lowest BCUT2D eigenvalue weighted by molar-refractivity contribution is 0.416. The number of nitrogens with zero attached hydrogens (tertiary/aromatic N) is 2. The average molecular weight is 253 g/mol. The van der Waals surface area contributed by atoms with Crippen LogP contribution in [0.25, 0.3) is 16.9 Å². The maximum absolute atomic E-state index is 5.89. The van der Waals surface area contributed by atoms with Gasteiger partial charge in [-0.15, -0.1) is 0 Å². The van der Waals surface area contributed by atoms with Gasteiger partial charge in [0.15, 0.2) is 0 Å². The monoisotopic (exact) mass is 253 g/mol. The molecular formula is C15H15N3O. The van der Waals surface area contributed by atoms with Gasteiger partial charge in [-0.25, -0.2) is 4.98 Å². The molecule has 1 aromatic carbocycles. The summed E-state index contributed by atoms with van der Waals surface area (Å²) in [6.07, 6.45) is 1.98. The van der Waals surface area contributed by atoms with Crippen molar-refractivity contribution in [3.8, 4) is 17.0 Å². The largest absolute Gasteiger partial charge is 0.496 e. The summed E-state index contributed by atoms with van der Waals surface area (Å²) in [6.45, 7) is 0.429. The summed E-state index contributed by atoms with van der Waals surface area (Å²) in [4.78, 5) is 4.67. The highest BCUT2D eigenvalue weighted by atomic mass is 16.5. The Kier molecular flexibility index (Phi) is 2.93. The third-order valence-corrected chi connectivity index (χ3v) is 3.18. The van der Waals surface area contributed by atoms with E-state index in [-0.39, 0.29) is 0 Å². The zero-order valence-electron chi connectivity index (χ0n) is 10.7. The molecule has 0 amide bonds. The Labute approximate surface area is 111 Å². The SMILES string of the molecule is COc1ccccc1-c1nc2ccccn2c1CN. The van der Waals surface area contributed by atoms with E-state index in [0.717, 1.165) is 28.3 Å². The maximum Gasteiger partial charge on any atom is 0.137 e. The molecule has 0 aliphatic rings. The summed E-state index contributed by atoms with van der Waals surface area (Å²) in [5.74, 6) is 0.806. The van der Waals surface area contributed by atoms with Crippen molar-refractivity contribution in [1.82, 2.24) is 9.38 Å². The first-order valence-electron chi connectivity index (χ1n) is 6.14. The van der Waals surface area contributed by atoms with Gasteiger partial charge >= 0.3 is 0 Å². The lowest BCUT2D eigenvalue weighted by atomic mass is 10.1. The molecule has 3 rings (SSSR count). The van der Waals surface area contributed by atoms with Crippen molar-refractivity contribution >= 4 is 5.65 Å². The van der Waals surface area contributed by atoms with Crippen LogP contribution in [0.5, 0.6) is 5.75 Å². The van der Waals surface area contributed by atoms with E-state index in [0.29, 0.717) is 6.54 Å². The Bertz CT molecular complexity index is 718. The molecular weight excluding hydrogens is 238 g/mol. The van der Waals surface area contributed by atoms with E-state index in [4.69, 9.17) is 10.5 Å². The Morgan fingerprint density at radius 2 is 1.95 bits per heavy atom. The van der Waals surface area contributed by atoms with Gasteiger partial charge in [-0.1, -0.05) is 18.2 Å². The molecule has 0 spiro atoms. The minimum Gasteiger partial charge on any atom is -0.496 e. The molecule has 0 aliphatic carbocycles. The molecule has 4 heteroatoms.